The summed E-state index contributed by atoms with van der Waals surface area (Å²) in [5.41, 5.74) is 1.05. The third-order valence-electron chi connectivity index (χ3n) is 1.71. The average molecular weight is 202 g/mol. The molecule has 0 aliphatic carbocycles. The van der Waals surface area contributed by atoms with Crippen LogP contribution in [0.4, 0.5) is 0 Å². The number of thiophene rings is 1. The zero-order valence-electron chi connectivity index (χ0n) is 8.36. The summed E-state index contributed by atoms with van der Waals surface area (Å²) in [6, 6.07) is 4.21. The predicted octanol–water partition coefficient (Wildman–Crippen LogP) is 4.37. The maximum absolute atomic E-state index is 4.00. The van der Waals surface area contributed by atoms with E-state index in [0.717, 1.165) is 5.57 Å². The lowest BCUT2D eigenvalue weighted by Gasteiger charge is -1.92. The molecule has 0 radical (unpaired) electrons. The van der Waals surface area contributed by atoms with Crippen LogP contribution in [0, 0.1) is 6.92 Å². The highest BCUT2D eigenvalue weighted by Gasteiger charge is 1.96. The Balaban J connectivity index is 2.63. The molecule has 0 unspecified atom stereocenters. The Kier molecular flexibility index (Phi) is 4.14. The quantitative estimate of drug-likeness (QED) is 0.636. The van der Waals surface area contributed by atoms with Crippen molar-refractivity contribution in [2.45, 2.75) is 6.92 Å². The van der Waals surface area contributed by atoms with Gasteiger partial charge in [0.05, 0.1) is 0 Å². The highest BCUT2D eigenvalue weighted by molar-refractivity contribution is 7.13. The van der Waals surface area contributed by atoms with Crippen molar-refractivity contribution in [3.05, 3.63) is 65.4 Å². The minimum absolute atomic E-state index is 1.05. The lowest BCUT2D eigenvalue weighted by atomic mass is 10.2. The van der Waals surface area contributed by atoms with Gasteiger partial charge >= 0.3 is 0 Å². The lowest BCUT2D eigenvalue weighted by molar-refractivity contribution is 1.64. The summed E-state index contributed by atoms with van der Waals surface area (Å²) < 4.78 is 0. The monoisotopic (exact) mass is 202 g/mol. The van der Waals surface area contributed by atoms with Gasteiger partial charge in [-0.25, -0.2) is 0 Å². The van der Waals surface area contributed by atoms with Gasteiger partial charge in [-0.1, -0.05) is 43.5 Å². The topological polar surface area (TPSA) is 0 Å². The summed E-state index contributed by atoms with van der Waals surface area (Å²) in [6.07, 6.45) is 9.56. The van der Waals surface area contributed by atoms with Gasteiger partial charge in [0, 0.05) is 9.75 Å². The van der Waals surface area contributed by atoms with E-state index in [1.807, 2.05) is 24.3 Å². The molecule has 0 fully saturated rings. The first-order valence-electron chi connectivity index (χ1n) is 4.45. The van der Waals surface area contributed by atoms with Crippen molar-refractivity contribution in [2.24, 2.45) is 0 Å². The Morgan fingerprint density at radius 3 is 2.64 bits per heavy atom. The Morgan fingerprint density at radius 2 is 2.07 bits per heavy atom. The molecule has 0 spiro atoms. The van der Waals surface area contributed by atoms with Crippen molar-refractivity contribution < 1.29 is 0 Å². The highest BCUT2D eigenvalue weighted by atomic mass is 32.1. The van der Waals surface area contributed by atoms with Gasteiger partial charge in [-0.2, -0.15) is 0 Å². The van der Waals surface area contributed by atoms with Crippen LogP contribution < -0.4 is 0 Å². The summed E-state index contributed by atoms with van der Waals surface area (Å²) in [4.78, 5) is 2.54. The van der Waals surface area contributed by atoms with Crippen LogP contribution in [0.5, 0.6) is 0 Å². The van der Waals surface area contributed by atoms with Crippen LogP contribution in [0.1, 0.15) is 9.75 Å². The van der Waals surface area contributed by atoms with E-state index in [0.29, 0.717) is 0 Å². The molecule has 1 heteroatoms. The smallest absolute Gasteiger partial charge is 0.0339 e. The number of allylic oxidation sites excluding steroid dienone is 6. The molecule has 0 aromatic carbocycles. The Labute approximate surface area is 89.6 Å². The number of hydrogen-bond acceptors (Lipinski definition) is 1. The number of aryl methyl sites for hydroxylation is 1. The second-order valence-corrected chi connectivity index (χ2v) is 4.20. The zero-order valence-corrected chi connectivity index (χ0v) is 9.18. The molecule has 0 bridgehead atoms. The molecule has 1 heterocycles. The van der Waals surface area contributed by atoms with Gasteiger partial charge in [-0.15, -0.1) is 11.3 Å². The summed E-state index contributed by atoms with van der Waals surface area (Å²) >= 11 is 1.76. The fourth-order valence-corrected chi connectivity index (χ4v) is 1.82. The molecule has 0 aliphatic heterocycles. The van der Waals surface area contributed by atoms with Crippen molar-refractivity contribution in [1.82, 2.24) is 0 Å². The van der Waals surface area contributed by atoms with E-state index >= 15 is 0 Å². The van der Waals surface area contributed by atoms with Gasteiger partial charge in [0.2, 0.25) is 0 Å². The Hall–Kier alpha value is -1.34. The zero-order chi connectivity index (χ0) is 10.4. The summed E-state index contributed by atoms with van der Waals surface area (Å²) in [5.74, 6) is 0. The standard InChI is InChI=1S/C13H14S/c1-4-5-6-7-8-11(2)13-10-9-12(3)14-13/h4-10H,1-2H2,3H3/b6-5-,8-7-. The molecular weight excluding hydrogens is 188 g/mol. The molecule has 0 N–H and O–H groups in total. The maximum atomic E-state index is 4.00. The molecule has 1 rings (SSSR count). The first-order chi connectivity index (χ1) is 6.74. The molecule has 14 heavy (non-hydrogen) atoms. The lowest BCUT2D eigenvalue weighted by Crippen LogP contribution is -1.68. The summed E-state index contributed by atoms with van der Waals surface area (Å²) in [7, 11) is 0. The molecule has 72 valence electrons. The van der Waals surface area contributed by atoms with Crippen LogP contribution in [0.3, 0.4) is 0 Å². The van der Waals surface area contributed by atoms with Crippen LogP contribution in [-0.2, 0) is 0 Å². The first-order valence-corrected chi connectivity index (χ1v) is 5.27. The minimum Gasteiger partial charge on any atom is -0.141 e. The van der Waals surface area contributed by atoms with Gasteiger partial charge in [0.25, 0.3) is 0 Å². The Bertz CT molecular complexity index is 378. The van der Waals surface area contributed by atoms with E-state index in [9.17, 15) is 0 Å². The number of rotatable bonds is 4. The van der Waals surface area contributed by atoms with Crippen LogP contribution in [-0.4, -0.2) is 0 Å². The SMILES string of the molecule is C=C/C=C\C=C/C(=C)c1ccc(C)s1. The third-order valence-corrected chi connectivity index (χ3v) is 2.79. The molecule has 0 aliphatic rings. The van der Waals surface area contributed by atoms with Crippen molar-refractivity contribution in [3.63, 3.8) is 0 Å². The largest absolute Gasteiger partial charge is 0.141 e. The predicted molar refractivity (Wildman–Crippen MR) is 66.6 cm³/mol. The van der Waals surface area contributed by atoms with Gasteiger partial charge < -0.3 is 0 Å². The van der Waals surface area contributed by atoms with Crippen molar-refractivity contribution in [3.8, 4) is 0 Å². The molecule has 0 amide bonds. The summed E-state index contributed by atoms with van der Waals surface area (Å²) in [5, 5.41) is 0. The van der Waals surface area contributed by atoms with Gasteiger partial charge in [-0.05, 0) is 24.6 Å². The van der Waals surface area contributed by atoms with Crippen molar-refractivity contribution in [1.29, 1.82) is 0 Å². The maximum Gasteiger partial charge on any atom is 0.0339 e. The average Bonchev–Trinajstić information content (AvgIpc) is 2.59. The molecule has 0 atom stereocenters. The third kappa shape index (κ3) is 3.19. The van der Waals surface area contributed by atoms with Crippen LogP contribution in [0.25, 0.3) is 5.57 Å². The second-order valence-electron chi connectivity index (χ2n) is 2.92. The van der Waals surface area contributed by atoms with E-state index < -0.39 is 0 Å². The van der Waals surface area contributed by atoms with Crippen LogP contribution in [0.2, 0.25) is 0 Å². The van der Waals surface area contributed by atoms with Gasteiger partial charge in [0.1, 0.15) is 0 Å². The highest BCUT2D eigenvalue weighted by Crippen LogP contribution is 2.22. The fourth-order valence-electron chi connectivity index (χ4n) is 1.00. The molecule has 0 nitrogen and oxygen atoms in total. The first kappa shape index (κ1) is 10.7. The van der Waals surface area contributed by atoms with Crippen LogP contribution >= 0.6 is 11.3 Å². The van der Waals surface area contributed by atoms with E-state index in [1.54, 1.807) is 17.4 Å². The van der Waals surface area contributed by atoms with Crippen LogP contribution in [0.15, 0.2) is 55.7 Å². The summed E-state index contributed by atoms with van der Waals surface area (Å²) in [6.45, 7) is 9.70. The molecule has 1 aromatic heterocycles. The Morgan fingerprint density at radius 1 is 1.29 bits per heavy atom. The van der Waals surface area contributed by atoms with Crippen molar-refractivity contribution >= 4 is 16.9 Å². The fraction of sp³-hybridized carbons (Fsp3) is 0.0769. The van der Waals surface area contributed by atoms with Gasteiger partial charge in [-0.3, -0.25) is 0 Å². The minimum atomic E-state index is 1.05. The van der Waals surface area contributed by atoms with E-state index in [4.69, 9.17) is 0 Å². The number of hydrogen-bond donors (Lipinski definition) is 0. The molecule has 1 aromatic rings. The molecular formula is C13H14S. The molecule has 0 saturated heterocycles. The van der Waals surface area contributed by atoms with Crippen molar-refractivity contribution in [2.75, 3.05) is 0 Å². The molecule has 0 saturated carbocycles. The van der Waals surface area contributed by atoms with E-state index in [-0.39, 0.29) is 0 Å². The second kappa shape index (κ2) is 5.40. The van der Waals surface area contributed by atoms with E-state index in [1.165, 1.54) is 9.75 Å². The normalized spacial score (nSPS) is 11.2. The van der Waals surface area contributed by atoms with E-state index in [2.05, 4.69) is 32.2 Å². The van der Waals surface area contributed by atoms with Gasteiger partial charge in [0.15, 0.2) is 0 Å².